The summed E-state index contributed by atoms with van der Waals surface area (Å²) in [7, 11) is 0. The summed E-state index contributed by atoms with van der Waals surface area (Å²) >= 11 is 8.79. The van der Waals surface area contributed by atoms with Crippen molar-refractivity contribution >= 4 is 52.0 Å². The number of ether oxygens (including phenoxy) is 1. The van der Waals surface area contributed by atoms with E-state index in [-0.39, 0.29) is 12.0 Å². The van der Waals surface area contributed by atoms with Crippen LogP contribution < -0.4 is 0 Å². The van der Waals surface area contributed by atoms with Crippen LogP contribution >= 0.6 is 35.7 Å². The first kappa shape index (κ1) is 25.3. The second kappa shape index (κ2) is 11.8. The number of aromatic nitrogens is 2. The van der Waals surface area contributed by atoms with E-state index >= 15 is 0 Å². The first-order valence-electron chi connectivity index (χ1n) is 12.4. The Labute approximate surface area is 226 Å². The Morgan fingerprint density at radius 3 is 2.72 bits per heavy atom. The Balaban J connectivity index is 1.45. The molecular weight excluding hydrogens is 507 g/mol. The van der Waals surface area contributed by atoms with Crippen LogP contribution in [0.5, 0.6) is 0 Å². The average Bonchev–Trinajstić information content (AvgIpc) is 3.63. The fraction of sp³-hybridized carbons (Fsp3) is 0.321. The van der Waals surface area contributed by atoms with Crippen LogP contribution in [0, 0.1) is 0 Å². The molecule has 0 radical (unpaired) electrons. The number of carbonyl (C=O) groups excluding carboxylic acids is 1. The minimum absolute atomic E-state index is 0.0541. The van der Waals surface area contributed by atoms with Gasteiger partial charge in [0.25, 0.3) is 5.91 Å². The van der Waals surface area contributed by atoms with Gasteiger partial charge in [-0.2, -0.15) is 5.10 Å². The molecule has 2 saturated heterocycles. The summed E-state index contributed by atoms with van der Waals surface area (Å²) in [5, 5.41) is 4.92. The number of thioether (sulfide) groups is 2. The molecule has 8 heteroatoms. The van der Waals surface area contributed by atoms with E-state index in [1.165, 1.54) is 29.5 Å². The number of para-hydroxylation sites is 1. The molecule has 2 aliphatic heterocycles. The number of nitrogens with zero attached hydrogens (tertiary/aromatic N) is 3. The third kappa shape index (κ3) is 5.78. The number of unbranched alkanes of at least 4 members (excludes halogenated alkanes) is 1. The molecule has 0 bridgehead atoms. The van der Waals surface area contributed by atoms with Gasteiger partial charge >= 0.3 is 0 Å². The van der Waals surface area contributed by atoms with Crippen molar-refractivity contribution in [1.82, 2.24) is 14.7 Å². The van der Waals surface area contributed by atoms with Gasteiger partial charge in [0.05, 0.1) is 28.9 Å². The quantitative estimate of drug-likeness (QED) is 0.130. The molecule has 0 spiro atoms. The lowest BCUT2D eigenvalue weighted by Gasteiger charge is -2.18. The van der Waals surface area contributed by atoms with Crippen molar-refractivity contribution in [3.8, 4) is 16.9 Å². The van der Waals surface area contributed by atoms with Gasteiger partial charge in [0.15, 0.2) is 0 Å². The smallest absolute Gasteiger partial charge is 0.266 e. The fourth-order valence-corrected chi connectivity index (χ4v) is 6.53. The molecule has 0 saturated carbocycles. The molecular formula is C28H29N3O2S3. The summed E-state index contributed by atoms with van der Waals surface area (Å²) in [5.74, 6) is 1.07. The van der Waals surface area contributed by atoms with Crippen molar-refractivity contribution < 1.29 is 9.53 Å². The maximum absolute atomic E-state index is 13.3. The molecule has 2 aliphatic rings. The minimum atomic E-state index is -0.0541. The zero-order valence-corrected chi connectivity index (χ0v) is 22.7. The molecule has 0 N–H and O–H groups in total. The van der Waals surface area contributed by atoms with Gasteiger partial charge in [-0.3, -0.25) is 9.69 Å². The van der Waals surface area contributed by atoms with E-state index in [4.69, 9.17) is 22.1 Å². The van der Waals surface area contributed by atoms with Crippen LogP contribution in [0.3, 0.4) is 0 Å². The van der Waals surface area contributed by atoms with Gasteiger partial charge in [-0.1, -0.05) is 67.7 Å². The number of benzene rings is 2. The lowest BCUT2D eigenvalue weighted by Crippen LogP contribution is -2.35. The van der Waals surface area contributed by atoms with Crippen LogP contribution in [0.25, 0.3) is 23.0 Å². The van der Waals surface area contributed by atoms with Gasteiger partial charge in [0.1, 0.15) is 4.32 Å². The highest BCUT2D eigenvalue weighted by atomic mass is 32.2. The minimum Gasteiger partial charge on any atom is -0.376 e. The van der Waals surface area contributed by atoms with E-state index in [2.05, 4.69) is 31.2 Å². The lowest BCUT2D eigenvalue weighted by atomic mass is 10.1. The Morgan fingerprint density at radius 1 is 1.19 bits per heavy atom. The molecule has 2 aromatic carbocycles. The normalized spacial score (nSPS) is 19.1. The van der Waals surface area contributed by atoms with E-state index < -0.39 is 0 Å². The number of hydrogen-bond donors (Lipinski definition) is 0. The zero-order chi connectivity index (χ0) is 24.9. The Bertz CT molecular complexity index is 1250. The molecule has 2 fully saturated rings. The van der Waals surface area contributed by atoms with E-state index in [0.29, 0.717) is 15.8 Å². The van der Waals surface area contributed by atoms with Gasteiger partial charge in [-0.05, 0) is 55.4 Å². The molecule has 1 amide bonds. The average molecular weight is 536 g/mol. The highest BCUT2D eigenvalue weighted by molar-refractivity contribution is 8.26. The van der Waals surface area contributed by atoms with Gasteiger partial charge in [0, 0.05) is 28.8 Å². The second-order valence-electron chi connectivity index (χ2n) is 8.87. The van der Waals surface area contributed by atoms with E-state index in [9.17, 15) is 4.79 Å². The summed E-state index contributed by atoms with van der Waals surface area (Å²) in [5.41, 5.74) is 3.72. The highest BCUT2D eigenvalue weighted by Gasteiger charge is 2.35. The predicted molar refractivity (Wildman–Crippen MR) is 153 cm³/mol. The monoisotopic (exact) mass is 535 g/mol. The van der Waals surface area contributed by atoms with Gasteiger partial charge in [-0.25, -0.2) is 4.68 Å². The predicted octanol–water partition coefficient (Wildman–Crippen LogP) is 6.81. The van der Waals surface area contributed by atoms with Crippen LogP contribution in [0.4, 0.5) is 0 Å². The summed E-state index contributed by atoms with van der Waals surface area (Å²) in [4.78, 5) is 16.8. The summed E-state index contributed by atoms with van der Waals surface area (Å²) in [6.07, 6.45) is 8.40. The SMILES string of the molecule is CCCCSc1ccc(-c2nn(-c3ccccc3)cc2C=C2SC(=S)N(CC3CCCO3)C2=O)cc1. The highest BCUT2D eigenvalue weighted by Crippen LogP contribution is 2.36. The molecule has 5 rings (SSSR count). The van der Waals surface area contributed by atoms with Crippen molar-refractivity contribution in [2.75, 3.05) is 18.9 Å². The molecule has 1 atom stereocenters. The molecule has 1 unspecified atom stereocenters. The maximum Gasteiger partial charge on any atom is 0.266 e. The Hall–Kier alpha value is -2.39. The first-order valence-corrected chi connectivity index (χ1v) is 14.6. The molecule has 5 nitrogen and oxygen atoms in total. The molecule has 0 aliphatic carbocycles. The molecule has 186 valence electrons. The third-order valence-electron chi connectivity index (χ3n) is 6.23. The number of rotatable bonds is 9. The zero-order valence-electron chi connectivity index (χ0n) is 20.3. The second-order valence-corrected chi connectivity index (χ2v) is 11.7. The van der Waals surface area contributed by atoms with Crippen molar-refractivity contribution in [1.29, 1.82) is 0 Å². The number of hydrogen-bond acceptors (Lipinski definition) is 6. The number of thiocarbonyl (C=S) groups is 1. The standard InChI is InChI=1S/C28H29N3O2S3/c1-2-3-16-35-24-13-11-20(12-14-24)26-21(18-31(29-26)22-8-5-4-6-9-22)17-25-27(32)30(28(34)36-25)19-23-10-7-15-33-23/h4-6,8-9,11-14,17-18,23H,2-3,7,10,15-16,19H2,1H3. The summed E-state index contributed by atoms with van der Waals surface area (Å²) in [6, 6.07) is 18.6. The van der Waals surface area contributed by atoms with Gasteiger partial charge in [0.2, 0.25) is 0 Å². The molecule has 1 aromatic heterocycles. The lowest BCUT2D eigenvalue weighted by molar-refractivity contribution is -0.123. The van der Waals surface area contributed by atoms with Crippen LogP contribution in [0.15, 0.2) is 70.6 Å². The van der Waals surface area contributed by atoms with Crippen molar-refractivity contribution in [2.24, 2.45) is 0 Å². The van der Waals surface area contributed by atoms with Crippen LogP contribution in [-0.4, -0.2) is 49.9 Å². The van der Waals surface area contributed by atoms with E-state index in [1.54, 1.807) is 4.90 Å². The number of amides is 1. The van der Waals surface area contributed by atoms with E-state index in [0.717, 1.165) is 47.7 Å². The third-order valence-corrected chi connectivity index (χ3v) is 8.70. The van der Waals surface area contributed by atoms with E-state index in [1.807, 2.05) is 59.0 Å². The van der Waals surface area contributed by atoms with Crippen LogP contribution in [0.1, 0.15) is 38.2 Å². The molecule has 36 heavy (non-hydrogen) atoms. The first-order chi connectivity index (χ1) is 17.6. The van der Waals surface area contributed by atoms with Crippen molar-refractivity contribution in [3.63, 3.8) is 0 Å². The Kier molecular flexibility index (Phi) is 8.26. The van der Waals surface area contributed by atoms with Gasteiger partial charge in [-0.15, -0.1) is 11.8 Å². The van der Waals surface area contributed by atoms with Crippen LogP contribution in [0.2, 0.25) is 0 Å². The maximum atomic E-state index is 13.3. The van der Waals surface area contributed by atoms with Crippen LogP contribution in [-0.2, 0) is 9.53 Å². The number of carbonyl (C=O) groups is 1. The fourth-order valence-electron chi connectivity index (χ4n) is 4.26. The summed E-state index contributed by atoms with van der Waals surface area (Å²) in [6.45, 7) is 3.49. The Morgan fingerprint density at radius 2 is 2.00 bits per heavy atom. The molecule has 3 aromatic rings. The van der Waals surface area contributed by atoms with Gasteiger partial charge < -0.3 is 4.74 Å². The molecule has 3 heterocycles. The van der Waals surface area contributed by atoms with Crippen molar-refractivity contribution in [3.05, 3.63) is 71.3 Å². The summed E-state index contributed by atoms with van der Waals surface area (Å²) < 4.78 is 8.20. The van der Waals surface area contributed by atoms with Crippen molar-refractivity contribution in [2.45, 2.75) is 43.6 Å². The largest absolute Gasteiger partial charge is 0.376 e. The topological polar surface area (TPSA) is 47.4 Å².